The van der Waals surface area contributed by atoms with Crippen molar-refractivity contribution in [3.05, 3.63) is 75.7 Å². The molecule has 2 amide bonds. The van der Waals surface area contributed by atoms with Gasteiger partial charge in [-0.2, -0.15) is 18.3 Å². The molecule has 0 spiro atoms. The summed E-state index contributed by atoms with van der Waals surface area (Å²) in [5, 5.41) is 6.61. The summed E-state index contributed by atoms with van der Waals surface area (Å²) in [6, 6.07) is 9.95. The standard InChI is InChI=1S/C27H19F5N6O2S/c1-11-2-4-12(5-3-11)14-8-18(27(30,31)32)35-26-20(14)21(22(41-26)24(33)39)36-25(40)16-10-19-34-15(13-6-7-13)9-17(23(28)29)38(19)37-16/h2-5,8-10,13,23H,6-7H2,1H3,(H2,33,39)(H,36,40). The van der Waals surface area contributed by atoms with Crippen molar-refractivity contribution >= 4 is 44.7 Å². The van der Waals surface area contributed by atoms with Gasteiger partial charge in [0.15, 0.2) is 11.3 Å². The maximum absolute atomic E-state index is 13.8. The first-order chi connectivity index (χ1) is 19.4. The lowest BCUT2D eigenvalue weighted by atomic mass is 10.00. The molecule has 4 heterocycles. The number of aryl methyl sites for hydroxylation is 1. The molecule has 1 saturated carbocycles. The summed E-state index contributed by atoms with van der Waals surface area (Å²) in [5.74, 6) is -1.84. The van der Waals surface area contributed by atoms with Crippen LogP contribution in [-0.4, -0.2) is 31.4 Å². The summed E-state index contributed by atoms with van der Waals surface area (Å²) < 4.78 is 69.8. The Bertz CT molecular complexity index is 1860. The Balaban J connectivity index is 1.50. The van der Waals surface area contributed by atoms with E-state index in [1.807, 2.05) is 6.92 Å². The van der Waals surface area contributed by atoms with Crippen molar-refractivity contribution in [2.24, 2.45) is 5.73 Å². The third kappa shape index (κ3) is 4.88. The molecule has 6 rings (SSSR count). The minimum atomic E-state index is -4.79. The minimum absolute atomic E-state index is 0.0389. The van der Waals surface area contributed by atoms with Crippen molar-refractivity contribution in [3.63, 3.8) is 0 Å². The molecule has 3 N–H and O–H groups in total. The van der Waals surface area contributed by atoms with Gasteiger partial charge in [0.1, 0.15) is 21.1 Å². The molecule has 0 unspecified atom stereocenters. The summed E-state index contributed by atoms with van der Waals surface area (Å²) >= 11 is 0.597. The zero-order chi connectivity index (χ0) is 29.2. The second kappa shape index (κ2) is 9.58. The van der Waals surface area contributed by atoms with Crippen LogP contribution < -0.4 is 11.1 Å². The van der Waals surface area contributed by atoms with E-state index in [1.165, 1.54) is 12.1 Å². The Labute approximate surface area is 232 Å². The smallest absolute Gasteiger partial charge is 0.365 e. The summed E-state index contributed by atoms with van der Waals surface area (Å²) in [6.07, 6.45) is -6.04. The highest BCUT2D eigenvalue weighted by Gasteiger charge is 2.35. The second-order valence-electron chi connectivity index (χ2n) is 9.70. The summed E-state index contributed by atoms with van der Waals surface area (Å²) in [4.78, 5) is 33.4. The quantitative estimate of drug-likeness (QED) is 0.221. The van der Waals surface area contributed by atoms with Gasteiger partial charge in [0.05, 0.1) is 5.69 Å². The highest BCUT2D eigenvalue weighted by atomic mass is 32.1. The van der Waals surface area contributed by atoms with Crippen molar-refractivity contribution in [2.45, 2.75) is 38.3 Å². The van der Waals surface area contributed by atoms with Gasteiger partial charge in [0.2, 0.25) is 0 Å². The lowest BCUT2D eigenvalue weighted by Gasteiger charge is -2.12. The third-order valence-corrected chi connectivity index (χ3v) is 7.80. The molecule has 8 nitrogen and oxygen atoms in total. The van der Waals surface area contributed by atoms with Crippen LogP contribution in [-0.2, 0) is 6.18 Å². The van der Waals surface area contributed by atoms with E-state index >= 15 is 0 Å². The number of benzene rings is 1. The number of amides is 2. The number of nitrogens with zero attached hydrogens (tertiary/aromatic N) is 4. The number of pyridine rings is 1. The lowest BCUT2D eigenvalue weighted by molar-refractivity contribution is -0.140. The zero-order valence-electron chi connectivity index (χ0n) is 21.1. The molecule has 0 aliphatic heterocycles. The van der Waals surface area contributed by atoms with Crippen LogP contribution in [0.3, 0.4) is 0 Å². The van der Waals surface area contributed by atoms with E-state index in [1.54, 1.807) is 24.3 Å². The topological polar surface area (TPSA) is 115 Å². The number of hydrogen-bond acceptors (Lipinski definition) is 6. The number of carbonyl (C=O) groups excluding carboxylic acids is 2. The maximum atomic E-state index is 13.8. The average Bonchev–Trinajstić information content (AvgIpc) is 3.57. The van der Waals surface area contributed by atoms with Crippen molar-refractivity contribution in [2.75, 3.05) is 5.32 Å². The number of halogens is 5. The van der Waals surface area contributed by atoms with Gasteiger partial charge in [0.25, 0.3) is 18.2 Å². The normalized spacial score (nSPS) is 13.8. The molecule has 1 aliphatic carbocycles. The van der Waals surface area contributed by atoms with Crippen LogP contribution in [0.25, 0.3) is 27.0 Å². The van der Waals surface area contributed by atoms with Gasteiger partial charge in [0, 0.05) is 23.1 Å². The van der Waals surface area contributed by atoms with Crippen LogP contribution in [0.5, 0.6) is 0 Å². The summed E-state index contributed by atoms with van der Waals surface area (Å²) in [7, 11) is 0. The Hall–Kier alpha value is -4.46. The number of anilines is 1. The van der Waals surface area contributed by atoms with Crippen LogP contribution in [0.2, 0.25) is 0 Å². The monoisotopic (exact) mass is 586 g/mol. The molecule has 4 aromatic heterocycles. The fourth-order valence-corrected chi connectivity index (χ4v) is 5.55. The van der Waals surface area contributed by atoms with E-state index in [0.717, 1.165) is 29.0 Å². The number of primary amides is 1. The van der Waals surface area contributed by atoms with Crippen LogP contribution in [0.4, 0.5) is 27.6 Å². The van der Waals surface area contributed by atoms with Crippen LogP contribution in [0.15, 0.2) is 42.5 Å². The molecule has 14 heteroatoms. The number of alkyl halides is 5. The first-order valence-electron chi connectivity index (χ1n) is 12.3. The van der Waals surface area contributed by atoms with E-state index in [0.29, 0.717) is 22.6 Å². The van der Waals surface area contributed by atoms with Gasteiger partial charge < -0.3 is 11.1 Å². The number of aromatic nitrogens is 4. The van der Waals surface area contributed by atoms with Crippen LogP contribution >= 0.6 is 11.3 Å². The van der Waals surface area contributed by atoms with E-state index in [-0.39, 0.29) is 43.6 Å². The number of nitrogens with one attached hydrogen (secondary N) is 1. The molecule has 1 aromatic carbocycles. The Kier molecular flexibility index (Phi) is 6.25. The molecule has 0 atom stereocenters. The van der Waals surface area contributed by atoms with Crippen LogP contribution in [0, 0.1) is 6.92 Å². The first kappa shape index (κ1) is 26.7. The molecule has 5 aromatic rings. The van der Waals surface area contributed by atoms with Crippen molar-refractivity contribution in [1.29, 1.82) is 0 Å². The molecule has 0 radical (unpaired) electrons. The summed E-state index contributed by atoms with van der Waals surface area (Å²) in [5.41, 5.74) is 5.30. The Morgan fingerprint density at radius 3 is 2.41 bits per heavy atom. The number of nitrogens with two attached hydrogens (primary N) is 1. The minimum Gasteiger partial charge on any atom is -0.365 e. The van der Waals surface area contributed by atoms with Crippen LogP contribution in [0.1, 0.15) is 68.0 Å². The van der Waals surface area contributed by atoms with Gasteiger partial charge in [-0.1, -0.05) is 29.8 Å². The van der Waals surface area contributed by atoms with E-state index in [4.69, 9.17) is 5.73 Å². The lowest BCUT2D eigenvalue weighted by Crippen LogP contribution is -2.17. The second-order valence-corrected chi connectivity index (χ2v) is 10.7. The number of fused-ring (bicyclic) bond motifs is 2. The molecule has 1 fully saturated rings. The van der Waals surface area contributed by atoms with E-state index in [2.05, 4.69) is 20.4 Å². The molecule has 0 bridgehead atoms. The van der Waals surface area contributed by atoms with Crippen molar-refractivity contribution in [1.82, 2.24) is 19.6 Å². The van der Waals surface area contributed by atoms with E-state index < -0.39 is 35.8 Å². The van der Waals surface area contributed by atoms with Crippen molar-refractivity contribution < 1.29 is 31.5 Å². The predicted molar refractivity (Wildman–Crippen MR) is 141 cm³/mol. The Morgan fingerprint density at radius 1 is 1.10 bits per heavy atom. The highest BCUT2D eigenvalue weighted by Crippen LogP contribution is 2.44. The molecule has 41 heavy (non-hydrogen) atoms. The fourth-order valence-electron chi connectivity index (χ4n) is 4.55. The summed E-state index contributed by atoms with van der Waals surface area (Å²) in [6.45, 7) is 1.81. The Morgan fingerprint density at radius 2 is 1.80 bits per heavy atom. The van der Waals surface area contributed by atoms with Gasteiger partial charge in [-0.05, 0) is 43.0 Å². The highest BCUT2D eigenvalue weighted by molar-refractivity contribution is 7.21. The SMILES string of the molecule is Cc1ccc(-c2cc(C(F)(F)F)nc3sc(C(N)=O)c(NC(=O)c4cc5nc(C6CC6)cc(C(F)F)n5n4)c23)cc1. The van der Waals surface area contributed by atoms with Gasteiger partial charge >= 0.3 is 6.18 Å². The number of rotatable bonds is 6. The number of carbonyl (C=O) groups is 2. The molecular weight excluding hydrogens is 567 g/mol. The molecular formula is C27H19F5N6O2S. The maximum Gasteiger partial charge on any atom is 0.433 e. The fraction of sp³-hybridized carbons (Fsp3) is 0.222. The number of thiophene rings is 1. The van der Waals surface area contributed by atoms with Crippen molar-refractivity contribution in [3.8, 4) is 11.1 Å². The third-order valence-electron chi connectivity index (χ3n) is 6.70. The van der Waals surface area contributed by atoms with Gasteiger partial charge in [-0.25, -0.2) is 23.3 Å². The predicted octanol–water partition coefficient (Wildman–Crippen LogP) is 6.50. The average molecular weight is 587 g/mol. The number of hydrogen-bond donors (Lipinski definition) is 2. The van der Waals surface area contributed by atoms with Gasteiger partial charge in [-0.15, -0.1) is 11.3 Å². The van der Waals surface area contributed by atoms with Gasteiger partial charge in [-0.3, -0.25) is 9.59 Å². The molecule has 1 aliphatic rings. The van der Waals surface area contributed by atoms with E-state index in [9.17, 15) is 31.5 Å². The first-order valence-corrected chi connectivity index (χ1v) is 13.1. The molecule has 210 valence electrons. The zero-order valence-corrected chi connectivity index (χ0v) is 21.9. The largest absolute Gasteiger partial charge is 0.433 e. The molecule has 0 saturated heterocycles.